The minimum atomic E-state index is -0.234. The number of nitrogens with one attached hydrogen (secondary N) is 1. The Morgan fingerprint density at radius 1 is 1.35 bits per heavy atom. The van der Waals surface area contributed by atoms with Crippen molar-refractivity contribution >= 4 is 28.3 Å². The Morgan fingerprint density at radius 2 is 2.15 bits per heavy atom. The van der Waals surface area contributed by atoms with Crippen molar-refractivity contribution in [2.45, 2.75) is 13.3 Å². The van der Waals surface area contributed by atoms with Gasteiger partial charge in [-0.2, -0.15) is 5.26 Å². The van der Waals surface area contributed by atoms with E-state index in [2.05, 4.69) is 21.4 Å². The summed E-state index contributed by atoms with van der Waals surface area (Å²) in [5.41, 5.74) is 9.02. The van der Waals surface area contributed by atoms with Crippen molar-refractivity contribution < 1.29 is 4.79 Å². The fraction of sp³-hybridized carbons (Fsp3) is 0.200. The number of hydrogen-bond donors (Lipinski definition) is 2. The van der Waals surface area contributed by atoms with E-state index >= 15 is 0 Å². The van der Waals surface area contributed by atoms with Gasteiger partial charge in [-0.1, -0.05) is 24.3 Å². The first kappa shape index (κ1) is 16.0. The van der Waals surface area contributed by atoms with Gasteiger partial charge in [0.15, 0.2) is 0 Å². The maximum absolute atomic E-state index is 12.1. The fourth-order valence-electron chi connectivity index (χ4n) is 3.09. The summed E-state index contributed by atoms with van der Waals surface area (Å²) in [6.07, 6.45) is 2.23. The molecule has 4 rings (SSSR count). The number of pyridine rings is 2. The minimum absolute atomic E-state index is 0.162. The Labute approximate surface area is 150 Å². The third-order valence-electron chi connectivity index (χ3n) is 4.71. The quantitative estimate of drug-likeness (QED) is 0.759. The van der Waals surface area contributed by atoms with Crippen LogP contribution in [-0.4, -0.2) is 15.9 Å². The average Bonchev–Trinajstić information content (AvgIpc) is 3.42. The zero-order valence-electron chi connectivity index (χ0n) is 14.2. The zero-order chi connectivity index (χ0) is 18.3. The van der Waals surface area contributed by atoms with E-state index in [1.165, 1.54) is 0 Å². The number of carbonyl (C=O) groups excluding carboxylic acids is 1. The number of nitriles is 1. The molecule has 6 nitrogen and oxygen atoms in total. The van der Waals surface area contributed by atoms with Crippen LogP contribution in [-0.2, 0) is 4.79 Å². The first-order valence-corrected chi connectivity index (χ1v) is 8.39. The molecule has 1 amide bonds. The van der Waals surface area contributed by atoms with Crippen molar-refractivity contribution in [2.75, 3.05) is 11.1 Å². The Kier molecular flexibility index (Phi) is 3.77. The van der Waals surface area contributed by atoms with E-state index in [1.54, 1.807) is 12.3 Å². The fourth-order valence-corrected chi connectivity index (χ4v) is 3.09. The predicted molar refractivity (Wildman–Crippen MR) is 100.0 cm³/mol. The molecule has 1 aromatic carbocycles. The summed E-state index contributed by atoms with van der Waals surface area (Å²) in [6.45, 7) is 2.02. The summed E-state index contributed by atoms with van der Waals surface area (Å²) in [7, 11) is 0. The lowest BCUT2D eigenvalue weighted by molar-refractivity contribution is -0.117. The smallest absolute Gasteiger partial charge is 0.230 e. The molecular weight excluding hydrogens is 326 g/mol. The second kappa shape index (κ2) is 6.12. The molecule has 1 fully saturated rings. The third-order valence-corrected chi connectivity index (χ3v) is 4.71. The number of carbonyl (C=O) groups is 1. The van der Waals surface area contributed by atoms with E-state index in [4.69, 9.17) is 11.0 Å². The largest absolute Gasteiger partial charge is 0.383 e. The number of anilines is 2. The summed E-state index contributed by atoms with van der Waals surface area (Å²) >= 11 is 0. The average molecular weight is 343 g/mol. The number of nitrogens with two attached hydrogens (primary N) is 1. The number of aromatic nitrogens is 2. The first-order chi connectivity index (χ1) is 12.6. The molecular formula is C20H17N5O. The van der Waals surface area contributed by atoms with Gasteiger partial charge >= 0.3 is 0 Å². The van der Waals surface area contributed by atoms with Crippen LogP contribution in [0.3, 0.4) is 0 Å². The van der Waals surface area contributed by atoms with Gasteiger partial charge in [0.05, 0.1) is 23.6 Å². The molecule has 1 aliphatic rings. The Hall–Kier alpha value is -3.46. The molecule has 2 aromatic heterocycles. The SMILES string of the molecule is Cc1ccccc1-c1cc2cc(NC(=O)C3CC3C#N)ncc2c(N)n1. The van der Waals surface area contributed by atoms with Crippen LogP contribution in [0.4, 0.5) is 11.6 Å². The van der Waals surface area contributed by atoms with E-state index < -0.39 is 0 Å². The van der Waals surface area contributed by atoms with Crippen molar-refractivity contribution in [1.29, 1.82) is 5.26 Å². The topological polar surface area (TPSA) is 105 Å². The highest BCUT2D eigenvalue weighted by Crippen LogP contribution is 2.38. The normalized spacial score (nSPS) is 18.3. The van der Waals surface area contributed by atoms with Crippen molar-refractivity contribution in [3.63, 3.8) is 0 Å². The van der Waals surface area contributed by atoms with Gasteiger partial charge in [0, 0.05) is 17.1 Å². The number of fused-ring (bicyclic) bond motifs is 1. The number of nitrogens with zero attached hydrogens (tertiary/aromatic N) is 3. The molecule has 1 saturated carbocycles. The van der Waals surface area contributed by atoms with Crippen LogP contribution in [0.25, 0.3) is 22.0 Å². The van der Waals surface area contributed by atoms with Gasteiger partial charge in [-0.05, 0) is 36.4 Å². The lowest BCUT2D eigenvalue weighted by Crippen LogP contribution is -2.15. The molecule has 2 unspecified atom stereocenters. The van der Waals surface area contributed by atoms with Crippen LogP contribution in [0.2, 0.25) is 0 Å². The van der Waals surface area contributed by atoms with Gasteiger partial charge in [-0.15, -0.1) is 0 Å². The van der Waals surface area contributed by atoms with Crippen molar-refractivity contribution in [3.05, 3.63) is 48.2 Å². The van der Waals surface area contributed by atoms with Gasteiger partial charge in [-0.3, -0.25) is 4.79 Å². The predicted octanol–water partition coefficient (Wildman–Crippen LogP) is 3.29. The van der Waals surface area contributed by atoms with Gasteiger partial charge in [0.1, 0.15) is 11.6 Å². The van der Waals surface area contributed by atoms with Crippen LogP contribution in [0.5, 0.6) is 0 Å². The highest BCUT2D eigenvalue weighted by molar-refractivity contribution is 5.98. The molecule has 2 atom stereocenters. The number of benzene rings is 1. The first-order valence-electron chi connectivity index (χ1n) is 8.39. The maximum atomic E-state index is 12.1. The van der Waals surface area contributed by atoms with Gasteiger partial charge in [0.2, 0.25) is 5.91 Å². The van der Waals surface area contributed by atoms with E-state index in [9.17, 15) is 4.79 Å². The highest BCUT2D eigenvalue weighted by Gasteiger charge is 2.43. The highest BCUT2D eigenvalue weighted by atomic mass is 16.2. The number of nitrogen functional groups attached to an aromatic ring is 1. The summed E-state index contributed by atoms with van der Waals surface area (Å²) < 4.78 is 0. The molecule has 3 aromatic rings. The summed E-state index contributed by atoms with van der Waals surface area (Å²) in [5, 5.41) is 13.2. The summed E-state index contributed by atoms with van der Waals surface area (Å²) in [6, 6.07) is 13.8. The molecule has 2 heterocycles. The Bertz CT molecular complexity index is 1070. The lowest BCUT2D eigenvalue weighted by atomic mass is 10.0. The van der Waals surface area contributed by atoms with Crippen LogP contribution in [0.1, 0.15) is 12.0 Å². The molecule has 0 saturated heterocycles. The molecule has 3 N–H and O–H groups in total. The third kappa shape index (κ3) is 2.84. The maximum Gasteiger partial charge on any atom is 0.230 e. The van der Waals surface area contributed by atoms with Gasteiger partial charge in [-0.25, -0.2) is 9.97 Å². The molecule has 0 aliphatic heterocycles. The summed E-state index contributed by atoms with van der Waals surface area (Å²) in [4.78, 5) is 20.9. The van der Waals surface area contributed by atoms with Gasteiger partial charge in [0.25, 0.3) is 0 Å². The molecule has 1 aliphatic carbocycles. The second-order valence-corrected chi connectivity index (χ2v) is 6.57. The molecule has 0 radical (unpaired) electrons. The Morgan fingerprint density at radius 3 is 2.88 bits per heavy atom. The number of rotatable bonds is 3. The van der Waals surface area contributed by atoms with Crippen LogP contribution >= 0.6 is 0 Å². The molecule has 0 bridgehead atoms. The van der Waals surface area contributed by atoms with E-state index in [1.807, 2.05) is 37.3 Å². The van der Waals surface area contributed by atoms with Crippen molar-refractivity contribution in [1.82, 2.24) is 9.97 Å². The molecule has 0 spiro atoms. The van der Waals surface area contributed by atoms with E-state index in [-0.39, 0.29) is 17.7 Å². The van der Waals surface area contributed by atoms with Gasteiger partial charge < -0.3 is 11.1 Å². The number of amides is 1. The van der Waals surface area contributed by atoms with E-state index in [0.29, 0.717) is 18.1 Å². The summed E-state index contributed by atoms with van der Waals surface area (Å²) in [5.74, 6) is 0.278. The van der Waals surface area contributed by atoms with Crippen molar-refractivity contribution in [2.24, 2.45) is 11.8 Å². The molecule has 128 valence electrons. The number of hydrogen-bond acceptors (Lipinski definition) is 5. The second-order valence-electron chi connectivity index (χ2n) is 6.57. The van der Waals surface area contributed by atoms with Crippen LogP contribution < -0.4 is 11.1 Å². The molecule has 26 heavy (non-hydrogen) atoms. The molecule has 6 heteroatoms. The number of aryl methyl sites for hydroxylation is 1. The van der Waals surface area contributed by atoms with Crippen molar-refractivity contribution in [3.8, 4) is 17.3 Å². The monoisotopic (exact) mass is 343 g/mol. The zero-order valence-corrected chi connectivity index (χ0v) is 14.2. The lowest BCUT2D eigenvalue weighted by Gasteiger charge is -2.10. The standard InChI is InChI=1S/C20H17N5O/c1-11-4-2-3-5-14(11)17-7-12-8-18(23-10-16(12)19(22)24-17)25-20(26)15-6-13(15)9-21/h2-5,7-8,10,13,15H,6H2,1H3,(H2,22,24)(H,23,25,26). The Balaban J connectivity index is 1.70. The van der Waals surface area contributed by atoms with Crippen LogP contribution in [0, 0.1) is 30.1 Å². The van der Waals surface area contributed by atoms with Crippen LogP contribution in [0.15, 0.2) is 42.6 Å². The van der Waals surface area contributed by atoms with E-state index in [0.717, 1.165) is 27.6 Å². The minimum Gasteiger partial charge on any atom is -0.383 e.